The number of unbranched alkanes of at least 4 members (excludes halogenated alkanes) is 28. The van der Waals surface area contributed by atoms with E-state index in [4.69, 9.17) is 14.2 Å². The van der Waals surface area contributed by atoms with E-state index in [0.717, 1.165) is 109 Å². The van der Waals surface area contributed by atoms with E-state index in [1.54, 1.807) is 0 Å². The predicted octanol–water partition coefficient (Wildman–Crippen LogP) is 22.8. The van der Waals surface area contributed by atoms with Gasteiger partial charge in [-0.2, -0.15) is 0 Å². The fraction of sp³-hybridized carbons (Fsp3) is 0.685. The normalized spacial score (nSPS) is 12.9. The van der Waals surface area contributed by atoms with E-state index in [9.17, 15) is 14.4 Å². The first-order chi connectivity index (χ1) is 39.0. The largest absolute Gasteiger partial charge is 0.462 e. The molecule has 0 aliphatic rings. The molecule has 6 nitrogen and oxygen atoms in total. The van der Waals surface area contributed by atoms with Crippen molar-refractivity contribution in [3.8, 4) is 0 Å². The Hall–Kier alpha value is -4.19. The Bertz CT molecular complexity index is 1640. The number of carbonyl (C=O) groups excluding carboxylic acids is 3. The van der Waals surface area contributed by atoms with Crippen LogP contribution >= 0.6 is 0 Å². The van der Waals surface area contributed by atoms with Gasteiger partial charge in [-0.25, -0.2) is 0 Å². The second-order valence-corrected chi connectivity index (χ2v) is 21.6. The number of rotatable bonds is 59. The lowest BCUT2D eigenvalue weighted by molar-refractivity contribution is -0.167. The smallest absolute Gasteiger partial charge is 0.306 e. The topological polar surface area (TPSA) is 78.9 Å². The Kier molecular flexibility index (Phi) is 62.8. The molecule has 0 spiro atoms. The molecule has 0 amide bonds. The monoisotopic (exact) mass is 1090 g/mol. The van der Waals surface area contributed by atoms with Gasteiger partial charge in [0.05, 0.1) is 0 Å². The maximum atomic E-state index is 12.9. The number of ether oxygens (including phenoxy) is 3. The Morgan fingerprint density at radius 1 is 0.266 bits per heavy atom. The zero-order chi connectivity index (χ0) is 57.1. The molecule has 6 heteroatoms. The maximum absolute atomic E-state index is 12.9. The molecule has 1 atom stereocenters. The average molecular weight is 1100 g/mol. The van der Waals surface area contributed by atoms with Crippen molar-refractivity contribution >= 4 is 17.9 Å². The van der Waals surface area contributed by atoms with Crippen molar-refractivity contribution in [3.63, 3.8) is 0 Å². The lowest BCUT2D eigenvalue weighted by atomic mass is 10.0. The number of hydrogen-bond donors (Lipinski definition) is 0. The molecule has 79 heavy (non-hydrogen) atoms. The molecule has 0 radical (unpaired) electrons. The zero-order valence-electron chi connectivity index (χ0n) is 51.6. The zero-order valence-corrected chi connectivity index (χ0v) is 51.6. The first kappa shape index (κ1) is 74.8. The van der Waals surface area contributed by atoms with Gasteiger partial charge in [0, 0.05) is 19.3 Å². The van der Waals surface area contributed by atoms with Crippen molar-refractivity contribution < 1.29 is 28.6 Å². The Labute approximate surface area is 488 Å². The highest BCUT2D eigenvalue weighted by atomic mass is 16.6. The van der Waals surface area contributed by atoms with Crippen LogP contribution in [0.5, 0.6) is 0 Å². The van der Waals surface area contributed by atoms with Crippen LogP contribution in [0.25, 0.3) is 0 Å². The number of hydrogen-bond acceptors (Lipinski definition) is 6. The summed E-state index contributed by atoms with van der Waals surface area (Å²) in [5.41, 5.74) is 0. The van der Waals surface area contributed by atoms with E-state index in [1.807, 2.05) is 0 Å². The molecule has 0 saturated heterocycles. The molecular formula is C73H122O6. The van der Waals surface area contributed by atoms with Crippen molar-refractivity contribution in [2.24, 2.45) is 0 Å². The summed E-state index contributed by atoms with van der Waals surface area (Å²) in [7, 11) is 0. The van der Waals surface area contributed by atoms with Crippen LogP contribution in [-0.2, 0) is 28.6 Å². The predicted molar refractivity (Wildman–Crippen MR) is 343 cm³/mol. The maximum Gasteiger partial charge on any atom is 0.306 e. The minimum atomic E-state index is -0.822. The Morgan fingerprint density at radius 2 is 0.506 bits per heavy atom. The molecule has 450 valence electrons. The fourth-order valence-corrected chi connectivity index (χ4v) is 9.10. The van der Waals surface area contributed by atoms with Gasteiger partial charge in [-0.1, -0.05) is 303 Å². The summed E-state index contributed by atoms with van der Waals surface area (Å²) in [5.74, 6) is -0.996. The first-order valence-corrected chi connectivity index (χ1v) is 33.0. The van der Waals surface area contributed by atoms with Crippen molar-refractivity contribution in [2.75, 3.05) is 13.2 Å². The third kappa shape index (κ3) is 64.5. The number of allylic oxidation sites excluding steroid dienone is 20. The average Bonchev–Trinajstić information content (AvgIpc) is 3.45. The van der Waals surface area contributed by atoms with Crippen LogP contribution in [0.1, 0.15) is 303 Å². The Morgan fingerprint density at radius 3 is 0.823 bits per heavy atom. The second-order valence-electron chi connectivity index (χ2n) is 21.6. The molecule has 0 rings (SSSR count). The van der Waals surface area contributed by atoms with Crippen LogP contribution in [0.4, 0.5) is 0 Å². The molecule has 0 fully saturated rings. The van der Waals surface area contributed by atoms with Crippen molar-refractivity contribution in [1.82, 2.24) is 0 Å². The molecule has 0 N–H and O–H groups in total. The molecule has 0 aromatic rings. The summed E-state index contributed by atoms with van der Waals surface area (Å²) < 4.78 is 16.9. The highest BCUT2D eigenvalue weighted by molar-refractivity contribution is 5.71. The molecular weight excluding hydrogens is 973 g/mol. The van der Waals surface area contributed by atoms with E-state index < -0.39 is 6.10 Å². The molecule has 0 aliphatic carbocycles. The molecule has 1 unspecified atom stereocenters. The molecule has 0 saturated carbocycles. The molecule has 0 aromatic heterocycles. The van der Waals surface area contributed by atoms with E-state index in [0.29, 0.717) is 19.3 Å². The van der Waals surface area contributed by atoms with Gasteiger partial charge in [0.25, 0.3) is 0 Å². The lowest BCUT2D eigenvalue weighted by Crippen LogP contribution is -2.30. The van der Waals surface area contributed by atoms with Gasteiger partial charge < -0.3 is 14.2 Å². The quantitative estimate of drug-likeness (QED) is 0.0261. The van der Waals surface area contributed by atoms with Crippen LogP contribution < -0.4 is 0 Å². The molecule has 0 heterocycles. The minimum Gasteiger partial charge on any atom is -0.462 e. The van der Waals surface area contributed by atoms with E-state index >= 15 is 0 Å². The SMILES string of the molecule is CC/C=C\C/C=C\C/C=C\C/C=C\C/C=C\CCCCCC(=O)OC(COC(=O)CCC/C=C\C/C=C\C/C=C\C/C=C\C/C=C\CC)COC(=O)CCCCCCCCCCCCCCCCCCCCCCCCCCC. The summed E-state index contributed by atoms with van der Waals surface area (Å²) in [4.78, 5) is 38.3. The third-order valence-electron chi connectivity index (χ3n) is 14.0. The lowest BCUT2D eigenvalue weighted by Gasteiger charge is -2.18. The van der Waals surface area contributed by atoms with E-state index in [1.165, 1.54) is 141 Å². The van der Waals surface area contributed by atoms with Crippen molar-refractivity contribution in [2.45, 2.75) is 309 Å². The van der Waals surface area contributed by atoms with Gasteiger partial charge in [0.2, 0.25) is 0 Å². The van der Waals surface area contributed by atoms with Crippen LogP contribution in [-0.4, -0.2) is 37.2 Å². The third-order valence-corrected chi connectivity index (χ3v) is 14.0. The summed E-state index contributed by atoms with van der Waals surface area (Å²) in [6, 6.07) is 0. The van der Waals surface area contributed by atoms with Crippen LogP contribution in [0, 0.1) is 0 Å². The second kappa shape index (κ2) is 66.3. The van der Waals surface area contributed by atoms with Gasteiger partial charge in [-0.3, -0.25) is 14.4 Å². The highest BCUT2D eigenvalue weighted by Crippen LogP contribution is 2.17. The summed E-state index contributed by atoms with van der Waals surface area (Å²) in [6.07, 6.45) is 92.3. The molecule has 0 bridgehead atoms. The Balaban J connectivity index is 4.43. The summed E-state index contributed by atoms with van der Waals surface area (Å²) in [5, 5.41) is 0. The molecule has 0 aliphatic heterocycles. The number of carbonyl (C=O) groups is 3. The summed E-state index contributed by atoms with van der Waals surface area (Å²) >= 11 is 0. The first-order valence-electron chi connectivity index (χ1n) is 33.0. The van der Waals surface area contributed by atoms with Gasteiger partial charge in [0.15, 0.2) is 6.10 Å². The highest BCUT2D eigenvalue weighted by Gasteiger charge is 2.19. The van der Waals surface area contributed by atoms with E-state index in [2.05, 4.69) is 142 Å². The van der Waals surface area contributed by atoms with Crippen LogP contribution in [0.2, 0.25) is 0 Å². The van der Waals surface area contributed by atoms with Gasteiger partial charge in [0.1, 0.15) is 13.2 Å². The molecule has 0 aromatic carbocycles. The summed E-state index contributed by atoms with van der Waals surface area (Å²) in [6.45, 7) is 6.37. The van der Waals surface area contributed by atoms with Crippen molar-refractivity contribution in [3.05, 3.63) is 122 Å². The standard InChI is InChI=1S/C73H122O6/c1-4-7-10-13-16-19-22-25-28-31-33-34-35-36-37-38-40-42-45-48-51-54-57-60-63-66-72(75)78-69-70(68-77-71(74)65-62-59-56-53-50-47-44-41-30-27-24-21-18-15-12-9-6-3)79-73(76)67-64-61-58-55-52-49-46-43-39-32-29-26-23-20-17-14-11-8-5-2/h8-9,11-12,17-18,20-21,26-27,29-30,39,43-44,47,49,52-53,56,70H,4-7,10,13-16,19,22-25,28,31-38,40-42,45-46,48,50-51,54-55,57-69H2,1-3H3/b11-8-,12-9-,20-17-,21-18-,29-26-,30-27-,43-39-,47-44-,52-49-,56-53-. The van der Waals surface area contributed by atoms with E-state index in [-0.39, 0.29) is 44.0 Å². The van der Waals surface area contributed by atoms with Crippen LogP contribution in [0.3, 0.4) is 0 Å². The number of esters is 3. The van der Waals surface area contributed by atoms with Gasteiger partial charge >= 0.3 is 17.9 Å². The van der Waals surface area contributed by atoms with Crippen molar-refractivity contribution in [1.29, 1.82) is 0 Å². The minimum absolute atomic E-state index is 0.110. The van der Waals surface area contributed by atoms with Gasteiger partial charge in [-0.15, -0.1) is 0 Å². The van der Waals surface area contributed by atoms with Crippen LogP contribution in [0.15, 0.2) is 122 Å². The fourth-order valence-electron chi connectivity index (χ4n) is 9.10. The van der Waals surface area contributed by atoms with Gasteiger partial charge in [-0.05, 0) is 103 Å².